The zero-order chi connectivity index (χ0) is 10.5. The van der Waals surface area contributed by atoms with E-state index in [1.807, 2.05) is 20.8 Å². The van der Waals surface area contributed by atoms with E-state index in [2.05, 4.69) is 5.32 Å². The Bertz CT molecular complexity index is 140. The summed E-state index contributed by atoms with van der Waals surface area (Å²) >= 11 is 0. The lowest BCUT2D eigenvalue weighted by Crippen LogP contribution is -2.35. The van der Waals surface area contributed by atoms with Gasteiger partial charge in [0.25, 0.3) is 0 Å². The summed E-state index contributed by atoms with van der Waals surface area (Å²) in [6.45, 7) is 5.51. The molecule has 0 bridgehead atoms. The van der Waals surface area contributed by atoms with Crippen LogP contribution >= 0.6 is 0 Å². The number of hydrogen-bond donors (Lipinski definition) is 1. The van der Waals surface area contributed by atoms with E-state index in [1.54, 1.807) is 0 Å². The average molecular weight is 197 g/mol. The number of nitrogens with one attached hydrogen (secondary N) is 1. The Kier molecular flexibility index (Phi) is 4.75. The maximum Gasteiger partial charge on any atom is 0.401 e. The van der Waals surface area contributed by atoms with Gasteiger partial charge in [-0.15, -0.1) is 0 Å². The highest BCUT2D eigenvalue weighted by molar-refractivity contribution is 4.71. The summed E-state index contributed by atoms with van der Waals surface area (Å²) in [5.74, 6) is 0. The fourth-order valence-electron chi connectivity index (χ4n) is 1.31. The summed E-state index contributed by atoms with van der Waals surface area (Å²) < 4.78 is 35.3. The second-order valence-corrected chi connectivity index (χ2v) is 4.13. The van der Waals surface area contributed by atoms with E-state index in [0.717, 1.165) is 12.8 Å². The Morgan fingerprint density at radius 2 is 1.62 bits per heavy atom. The molecule has 13 heavy (non-hydrogen) atoms. The van der Waals surface area contributed by atoms with Crippen LogP contribution < -0.4 is 5.32 Å². The van der Waals surface area contributed by atoms with Crippen molar-refractivity contribution in [2.75, 3.05) is 13.1 Å². The van der Waals surface area contributed by atoms with Gasteiger partial charge in [0, 0.05) is 6.54 Å². The SMILES string of the molecule is CCCC(C)(C)CNCC(F)(F)F. The van der Waals surface area contributed by atoms with Gasteiger partial charge >= 0.3 is 6.18 Å². The molecule has 0 aliphatic carbocycles. The molecule has 80 valence electrons. The van der Waals surface area contributed by atoms with Crippen molar-refractivity contribution in [3.05, 3.63) is 0 Å². The fourth-order valence-corrected chi connectivity index (χ4v) is 1.31. The number of rotatable bonds is 5. The van der Waals surface area contributed by atoms with E-state index in [0.29, 0.717) is 6.54 Å². The molecule has 0 saturated carbocycles. The lowest BCUT2D eigenvalue weighted by atomic mass is 9.88. The average Bonchev–Trinajstić information content (AvgIpc) is 1.82. The van der Waals surface area contributed by atoms with E-state index >= 15 is 0 Å². The lowest BCUT2D eigenvalue weighted by molar-refractivity contribution is -0.125. The van der Waals surface area contributed by atoms with E-state index < -0.39 is 12.7 Å². The van der Waals surface area contributed by atoms with Crippen LogP contribution in [-0.4, -0.2) is 19.3 Å². The molecule has 0 aromatic carbocycles. The third-order valence-electron chi connectivity index (χ3n) is 1.86. The van der Waals surface area contributed by atoms with Crippen LogP contribution in [-0.2, 0) is 0 Å². The van der Waals surface area contributed by atoms with Gasteiger partial charge in [-0.3, -0.25) is 0 Å². The summed E-state index contributed by atoms with van der Waals surface area (Å²) in [6.07, 6.45) is -2.15. The minimum absolute atomic E-state index is 0.0417. The maximum absolute atomic E-state index is 11.8. The topological polar surface area (TPSA) is 12.0 Å². The molecule has 1 nitrogen and oxygen atoms in total. The van der Waals surface area contributed by atoms with Crippen LogP contribution in [0.2, 0.25) is 0 Å². The van der Waals surface area contributed by atoms with E-state index in [9.17, 15) is 13.2 Å². The number of alkyl halides is 3. The van der Waals surface area contributed by atoms with E-state index in [-0.39, 0.29) is 5.41 Å². The molecule has 0 aliphatic rings. The van der Waals surface area contributed by atoms with E-state index in [4.69, 9.17) is 0 Å². The minimum atomic E-state index is -4.09. The molecule has 0 heterocycles. The van der Waals surface area contributed by atoms with Crippen molar-refractivity contribution in [2.24, 2.45) is 5.41 Å². The highest BCUT2D eigenvalue weighted by atomic mass is 19.4. The standard InChI is InChI=1S/C9H18F3N/c1-4-5-8(2,3)6-13-7-9(10,11)12/h13H,4-7H2,1-3H3. The molecule has 0 aromatic heterocycles. The predicted molar refractivity (Wildman–Crippen MR) is 47.6 cm³/mol. The van der Waals surface area contributed by atoms with Crippen molar-refractivity contribution in [2.45, 2.75) is 39.8 Å². The third-order valence-corrected chi connectivity index (χ3v) is 1.86. The van der Waals surface area contributed by atoms with Crippen LogP contribution in [0.15, 0.2) is 0 Å². The first-order valence-corrected chi connectivity index (χ1v) is 4.54. The fraction of sp³-hybridized carbons (Fsp3) is 1.00. The quantitative estimate of drug-likeness (QED) is 0.714. The Labute approximate surface area is 77.7 Å². The second kappa shape index (κ2) is 4.84. The summed E-state index contributed by atoms with van der Waals surface area (Å²) in [6, 6.07) is 0. The Balaban J connectivity index is 3.63. The van der Waals surface area contributed by atoms with Crippen LogP contribution in [0.4, 0.5) is 13.2 Å². The third kappa shape index (κ3) is 8.09. The van der Waals surface area contributed by atoms with Crippen LogP contribution in [0, 0.1) is 5.41 Å². The highest BCUT2D eigenvalue weighted by Crippen LogP contribution is 2.21. The lowest BCUT2D eigenvalue weighted by Gasteiger charge is -2.24. The van der Waals surface area contributed by atoms with Gasteiger partial charge in [0.15, 0.2) is 0 Å². The molecule has 4 heteroatoms. The van der Waals surface area contributed by atoms with Gasteiger partial charge in [0.05, 0.1) is 6.54 Å². The molecule has 0 radical (unpaired) electrons. The summed E-state index contributed by atoms with van der Waals surface area (Å²) in [4.78, 5) is 0. The minimum Gasteiger partial charge on any atom is -0.308 e. The molecule has 0 aliphatic heterocycles. The molecule has 0 aromatic rings. The molecule has 0 saturated heterocycles. The van der Waals surface area contributed by atoms with Crippen LogP contribution in [0.1, 0.15) is 33.6 Å². The van der Waals surface area contributed by atoms with Gasteiger partial charge in [0.1, 0.15) is 0 Å². The Morgan fingerprint density at radius 3 is 2.00 bits per heavy atom. The van der Waals surface area contributed by atoms with Crippen molar-refractivity contribution in [1.82, 2.24) is 5.32 Å². The normalized spacial score (nSPS) is 13.4. The van der Waals surface area contributed by atoms with Gasteiger partial charge in [-0.05, 0) is 11.8 Å². The molecular formula is C9H18F3N. The monoisotopic (exact) mass is 197 g/mol. The van der Waals surface area contributed by atoms with Crippen LogP contribution in [0.3, 0.4) is 0 Å². The largest absolute Gasteiger partial charge is 0.401 e. The zero-order valence-corrected chi connectivity index (χ0v) is 8.46. The number of halogens is 3. The molecule has 0 spiro atoms. The smallest absolute Gasteiger partial charge is 0.308 e. The first kappa shape index (κ1) is 12.8. The number of hydrogen-bond acceptors (Lipinski definition) is 1. The summed E-state index contributed by atoms with van der Waals surface area (Å²) in [5.41, 5.74) is -0.0417. The van der Waals surface area contributed by atoms with Gasteiger partial charge in [-0.25, -0.2) is 0 Å². The van der Waals surface area contributed by atoms with Crippen molar-refractivity contribution < 1.29 is 13.2 Å². The van der Waals surface area contributed by atoms with Gasteiger partial charge in [-0.1, -0.05) is 27.2 Å². The van der Waals surface area contributed by atoms with Crippen molar-refractivity contribution >= 4 is 0 Å². The summed E-state index contributed by atoms with van der Waals surface area (Å²) in [5, 5.41) is 2.43. The molecule has 0 unspecified atom stereocenters. The van der Waals surface area contributed by atoms with Gasteiger partial charge < -0.3 is 5.32 Å². The van der Waals surface area contributed by atoms with E-state index in [1.165, 1.54) is 0 Å². The first-order valence-electron chi connectivity index (χ1n) is 4.54. The van der Waals surface area contributed by atoms with Crippen molar-refractivity contribution in [3.8, 4) is 0 Å². The van der Waals surface area contributed by atoms with Crippen LogP contribution in [0.5, 0.6) is 0 Å². The highest BCUT2D eigenvalue weighted by Gasteiger charge is 2.27. The Hall–Kier alpha value is -0.250. The first-order chi connectivity index (χ1) is 5.77. The molecule has 0 atom stereocenters. The second-order valence-electron chi connectivity index (χ2n) is 4.13. The predicted octanol–water partition coefficient (Wildman–Crippen LogP) is 2.96. The van der Waals surface area contributed by atoms with Crippen LogP contribution in [0.25, 0.3) is 0 Å². The van der Waals surface area contributed by atoms with Crippen molar-refractivity contribution in [3.63, 3.8) is 0 Å². The summed E-state index contributed by atoms with van der Waals surface area (Å²) in [7, 11) is 0. The zero-order valence-electron chi connectivity index (χ0n) is 8.46. The van der Waals surface area contributed by atoms with Gasteiger partial charge in [-0.2, -0.15) is 13.2 Å². The molecule has 0 fully saturated rings. The van der Waals surface area contributed by atoms with Gasteiger partial charge in [0.2, 0.25) is 0 Å². The van der Waals surface area contributed by atoms with Crippen molar-refractivity contribution in [1.29, 1.82) is 0 Å². The molecule has 0 amide bonds. The molecule has 0 rings (SSSR count). The molecular weight excluding hydrogens is 179 g/mol. The maximum atomic E-state index is 11.8. The Morgan fingerprint density at radius 1 is 1.08 bits per heavy atom. The molecule has 1 N–H and O–H groups in total.